The van der Waals surface area contributed by atoms with E-state index >= 15 is 0 Å². The molecule has 1 aliphatic rings. The molecular weight excluding hydrogens is 272 g/mol. The van der Waals surface area contributed by atoms with Crippen LogP contribution in [-0.4, -0.2) is 23.3 Å². The second-order valence-corrected chi connectivity index (χ2v) is 6.57. The van der Waals surface area contributed by atoms with E-state index in [-0.39, 0.29) is 12.1 Å². The van der Waals surface area contributed by atoms with Crippen LogP contribution in [-0.2, 0) is 0 Å². The molecule has 0 saturated heterocycles. The molecule has 5 heteroatoms. The van der Waals surface area contributed by atoms with Crippen LogP contribution in [0.5, 0.6) is 0 Å². The number of hydrogen-bond acceptors (Lipinski definition) is 3. The van der Waals surface area contributed by atoms with E-state index in [1.165, 1.54) is 11.3 Å². The van der Waals surface area contributed by atoms with Gasteiger partial charge in [-0.1, -0.05) is 32.3 Å². The van der Waals surface area contributed by atoms with Crippen LogP contribution in [0, 0.1) is 0 Å². The fourth-order valence-corrected chi connectivity index (χ4v) is 3.57. The Morgan fingerprint density at radius 1 is 1.45 bits per heavy atom. The second-order valence-electron chi connectivity index (χ2n) is 5.59. The van der Waals surface area contributed by atoms with E-state index in [0.29, 0.717) is 6.54 Å². The van der Waals surface area contributed by atoms with Crippen LogP contribution in [0.4, 0.5) is 4.79 Å². The Labute approximate surface area is 124 Å². The van der Waals surface area contributed by atoms with Crippen molar-refractivity contribution in [1.82, 2.24) is 10.6 Å². The van der Waals surface area contributed by atoms with E-state index < -0.39 is 5.60 Å². The molecule has 0 aromatic carbocycles. The summed E-state index contributed by atoms with van der Waals surface area (Å²) < 4.78 is 0. The summed E-state index contributed by atoms with van der Waals surface area (Å²) in [5.74, 6) is 0. The first kappa shape index (κ1) is 15.3. The van der Waals surface area contributed by atoms with Crippen molar-refractivity contribution in [3.63, 3.8) is 0 Å². The third-order valence-corrected chi connectivity index (χ3v) is 4.95. The topological polar surface area (TPSA) is 61.4 Å². The fraction of sp³-hybridized carbons (Fsp3) is 0.667. The van der Waals surface area contributed by atoms with Crippen molar-refractivity contribution in [2.24, 2.45) is 0 Å². The molecule has 1 atom stereocenters. The Bertz CT molecular complexity index is 414. The predicted molar refractivity (Wildman–Crippen MR) is 81.9 cm³/mol. The van der Waals surface area contributed by atoms with Gasteiger partial charge in [0.1, 0.15) is 0 Å². The number of rotatable bonds is 5. The summed E-state index contributed by atoms with van der Waals surface area (Å²) in [4.78, 5) is 13.1. The molecule has 0 bridgehead atoms. The van der Waals surface area contributed by atoms with E-state index in [2.05, 4.69) is 17.6 Å². The quantitative estimate of drug-likeness (QED) is 0.781. The van der Waals surface area contributed by atoms with Crippen molar-refractivity contribution in [2.75, 3.05) is 6.54 Å². The lowest BCUT2D eigenvalue weighted by molar-refractivity contribution is 0.00712. The molecule has 1 aliphatic carbocycles. The molecular formula is C15H24N2O2S. The first-order chi connectivity index (χ1) is 9.63. The van der Waals surface area contributed by atoms with Gasteiger partial charge in [-0.2, -0.15) is 0 Å². The summed E-state index contributed by atoms with van der Waals surface area (Å²) in [5.41, 5.74) is -0.708. The largest absolute Gasteiger partial charge is 0.388 e. The average molecular weight is 296 g/mol. The molecule has 1 aromatic heterocycles. The van der Waals surface area contributed by atoms with Crippen molar-refractivity contribution >= 4 is 17.4 Å². The highest BCUT2D eigenvalue weighted by atomic mass is 32.1. The van der Waals surface area contributed by atoms with Gasteiger partial charge >= 0.3 is 6.03 Å². The van der Waals surface area contributed by atoms with Gasteiger partial charge in [-0.15, -0.1) is 11.3 Å². The van der Waals surface area contributed by atoms with Crippen LogP contribution >= 0.6 is 11.3 Å². The van der Waals surface area contributed by atoms with Crippen molar-refractivity contribution in [3.05, 3.63) is 22.4 Å². The Morgan fingerprint density at radius 2 is 2.20 bits per heavy atom. The minimum Gasteiger partial charge on any atom is -0.388 e. The molecule has 20 heavy (non-hydrogen) atoms. The van der Waals surface area contributed by atoms with Crippen LogP contribution < -0.4 is 10.6 Å². The van der Waals surface area contributed by atoms with Gasteiger partial charge < -0.3 is 15.7 Å². The van der Waals surface area contributed by atoms with E-state index in [1.807, 2.05) is 17.5 Å². The highest BCUT2D eigenvalue weighted by Gasteiger charge is 2.29. The molecule has 0 radical (unpaired) electrons. The molecule has 1 unspecified atom stereocenters. The van der Waals surface area contributed by atoms with Crippen LogP contribution in [0.2, 0.25) is 0 Å². The van der Waals surface area contributed by atoms with E-state index in [9.17, 15) is 9.90 Å². The predicted octanol–water partition coefficient (Wildman–Crippen LogP) is 3.19. The van der Waals surface area contributed by atoms with Gasteiger partial charge in [-0.25, -0.2) is 4.79 Å². The smallest absolute Gasteiger partial charge is 0.315 e. The van der Waals surface area contributed by atoms with E-state index in [1.54, 1.807) is 11.3 Å². The molecule has 1 saturated carbocycles. The highest BCUT2D eigenvalue weighted by Crippen LogP contribution is 2.27. The molecule has 1 fully saturated rings. The highest BCUT2D eigenvalue weighted by molar-refractivity contribution is 7.10. The normalized spacial score (nSPS) is 19.3. The second kappa shape index (κ2) is 7.09. The van der Waals surface area contributed by atoms with Crippen LogP contribution in [0.1, 0.15) is 56.4 Å². The molecule has 1 aromatic rings. The van der Waals surface area contributed by atoms with Crippen molar-refractivity contribution in [1.29, 1.82) is 0 Å². The number of carbonyl (C=O) groups excluding carboxylic acids is 1. The molecule has 3 N–H and O–H groups in total. The summed E-state index contributed by atoms with van der Waals surface area (Å²) in [6.07, 6.45) is 5.72. The maximum Gasteiger partial charge on any atom is 0.315 e. The first-order valence-electron chi connectivity index (χ1n) is 7.43. The molecule has 1 heterocycles. The summed E-state index contributed by atoms with van der Waals surface area (Å²) in [5, 5.41) is 18.2. The lowest BCUT2D eigenvalue weighted by atomic mass is 9.85. The van der Waals surface area contributed by atoms with Crippen molar-refractivity contribution < 1.29 is 9.90 Å². The number of thiophene rings is 1. The number of amides is 2. The Balaban J connectivity index is 1.79. The average Bonchev–Trinajstić information content (AvgIpc) is 2.97. The maximum atomic E-state index is 12.0. The summed E-state index contributed by atoms with van der Waals surface area (Å²) in [6, 6.07) is 3.89. The van der Waals surface area contributed by atoms with Crippen LogP contribution in [0.3, 0.4) is 0 Å². The molecule has 112 valence electrons. The van der Waals surface area contributed by atoms with E-state index in [0.717, 1.165) is 32.1 Å². The third-order valence-electron chi connectivity index (χ3n) is 3.96. The lowest BCUT2D eigenvalue weighted by Crippen LogP contribution is -2.47. The maximum absolute atomic E-state index is 12.0. The number of urea groups is 1. The van der Waals surface area contributed by atoms with Crippen LogP contribution in [0.25, 0.3) is 0 Å². The minimum absolute atomic E-state index is 0.0519. The summed E-state index contributed by atoms with van der Waals surface area (Å²) in [7, 11) is 0. The van der Waals surface area contributed by atoms with Gasteiger partial charge in [0.25, 0.3) is 0 Å². The Morgan fingerprint density at radius 3 is 2.80 bits per heavy atom. The van der Waals surface area contributed by atoms with Gasteiger partial charge in [0.2, 0.25) is 0 Å². The minimum atomic E-state index is -0.708. The van der Waals surface area contributed by atoms with Gasteiger partial charge in [-0.3, -0.25) is 0 Å². The summed E-state index contributed by atoms with van der Waals surface area (Å²) in [6.45, 7) is 2.40. The fourth-order valence-electron chi connectivity index (χ4n) is 2.70. The Kier molecular flexibility index (Phi) is 5.43. The van der Waals surface area contributed by atoms with Gasteiger partial charge in [0.05, 0.1) is 11.6 Å². The molecule has 0 spiro atoms. The lowest BCUT2D eigenvalue weighted by Gasteiger charge is -2.32. The number of aliphatic hydroxyl groups is 1. The first-order valence-corrected chi connectivity index (χ1v) is 8.31. The standard InChI is InChI=1S/C15H24N2O2S/c1-2-12(13-7-6-10-20-13)17-14(18)16-11-15(19)8-4-3-5-9-15/h6-7,10,12,19H,2-5,8-9,11H2,1H3,(H2,16,17,18). The van der Waals surface area contributed by atoms with E-state index in [4.69, 9.17) is 0 Å². The number of carbonyl (C=O) groups is 1. The zero-order chi connectivity index (χ0) is 14.4. The van der Waals surface area contributed by atoms with Crippen LogP contribution in [0.15, 0.2) is 17.5 Å². The number of hydrogen-bond donors (Lipinski definition) is 3. The third kappa shape index (κ3) is 4.21. The molecule has 4 nitrogen and oxygen atoms in total. The van der Waals surface area contributed by atoms with Gasteiger partial charge in [0.15, 0.2) is 0 Å². The molecule has 2 amide bonds. The zero-order valence-corrected chi connectivity index (χ0v) is 12.8. The molecule has 0 aliphatic heterocycles. The number of nitrogens with one attached hydrogen (secondary N) is 2. The van der Waals surface area contributed by atoms with Gasteiger partial charge in [0, 0.05) is 11.4 Å². The van der Waals surface area contributed by atoms with Crippen molar-refractivity contribution in [3.8, 4) is 0 Å². The monoisotopic (exact) mass is 296 g/mol. The molecule has 2 rings (SSSR count). The van der Waals surface area contributed by atoms with Crippen molar-refractivity contribution in [2.45, 2.75) is 57.1 Å². The zero-order valence-electron chi connectivity index (χ0n) is 12.0. The Hall–Kier alpha value is -1.07. The summed E-state index contributed by atoms with van der Waals surface area (Å²) >= 11 is 1.65. The SMILES string of the molecule is CCC(NC(=O)NCC1(O)CCCCC1)c1cccs1. The van der Waals surface area contributed by atoms with Gasteiger partial charge in [-0.05, 0) is 30.7 Å².